The van der Waals surface area contributed by atoms with E-state index in [-0.39, 0.29) is 18.5 Å². The van der Waals surface area contributed by atoms with Crippen LogP contribution in [0.25, 0.3) is 0 Å². The van der Waals surface area contributed by atoms with Crippen LogP contribution in [-0.4, -0.2) is 18.5 Å². The number of anilines is 1. The van der Waals surface area contributed by atoms with Crippen molar-refractivity contribution in [1.29, 1.82) is 0 Å². The Morgan fingerprint density at radius 1 is 1.22 bits per heavy atom. The van der Waals surface area contributed by atoms with E-state index in [9.17, 15) is 9.59 Å². The van der Waals surface area contributed by atoms with E-state index in [4.69, 9.17) is 4.74 Å². The standard InChI is InChI=1S/C17H19Br2NO3/c18-13-3-4-15(14(19)8-13)20-16(21)9-23-17(22)7-12-6-10-1-2-11(12)5-10/h3-4,8,10-12H,1-2,5-7,9H2,(H,20,21). The summed E-state index contributed by atoms with van der Waals surface area (Å²) in [6.07, 6.45) is 5.45. The number of hydrogen-bond acceptors (Lipinski definition) is 3. The van der Waals surface area contributed by atoms with Gasteiger partial charge < -0.3 is 10.1 Å². The van der Waals surface area contributed by atoms with Crippen LogP contribution >= 0.6 is 31.9 Å². The number of benzene rings is 1. The van der Waals surface area contributed by atoms with Gasteiger partial charge in [-0.15, -0.1) is 0 Å². The van der Waals surface area contributed by atoms with Crippen LogP contribution in [-0.2, 0) is 14.3 Å². The molecular formula is C17H19Br2NO3. The minimum absolute atomic E-state index is 0.234. The maximum absolute atomic E-state index is 11.9. The number of carbonyl (C=O) groups excluding carboxylic acids is 2. The van der Waals surface area contributed by atoms with Gasteiger partial charge in [0.2, 0.25) is 0 Å². The highest BCUT2D eigenvalue weighted by Crippen LogP contribution is 2.49. The third kappa shape index (κ3) is 4.35. The van der Waals surface area contributed by atoms with Crippen molar-refractivity contribution in [3.8, 4) is 0 Å². The van der Waals surface area contributed by atoms with Gasteiger partial charge in [0.25, 0.3) is 5.91 Å². The van der Waals surface area contributed by atoms with Crippen molar-refractivity contribution >= 4 is 49.4 Å². The second kappa shape index (κ2) is 7.34. The molecule has 23 heavy (non-hydrogen) atoms. The van der Waals surface area contributed by atoms with Crippen LogP contribution in [0.1, 0.15) is 32.1 Å². The van der Waals surface area contributed by atoms with Crippen LogP contribution in [0, 0.1) is 17.8 Å². The number of esters is 1. The number of rotatable bonds is 5. The number of ether oxygens (including phenoxy) is 1. The second-order valence-electron chi connectivity index (χ2n) is 6.47. The topological polar surface area (TPSA) is 55.4 Å². The summed E-state index contributed by atoms with van der Waals surface area (Å²) in [5.41, 5.74) is 0.655. The molecule has 6 heteroatoms. The van der Waals surface area contributed by atoms with Gasteiger partial charge in [-0.05, 0) is 71.1 Å². The summed E-state index contributed by atoms with van der Waals surface area (Å²) >= 11 is 6.74. The van der Waals surface area contributed by atoms with E-state index >= 15 is 0 Å². The average molecular weight is 445 g/mol. The number of amides is 1. The maximum atomic E-state index is 11.9. The number of hydrogen-bond donors (Lipinski definition) is 1. The fourth-order valence-electron chi connectivity index (χ4n) is 3.82. The van der Waals surface area contributed by atoms with E-state index < -0.39 is 0 Å². The van der Waals surface area contributed by atoms with Gasteiger partial charge in [0.15, 0.2) is 6.61 Å². The lowest BCUT2D eigenvalue weighted by Crippen LogP contribution is -2.23. The Morgan fingerprint density at radius 2 is 2.04 bits per heavy atom. The number of halogens is 2. The Hall–Kier alpha value is -0.880. The molecule has 1 aromatic rings. The molecule has 0 aliphatic heterocycles. The second-order valence-corrected chi connectivity index (χ2v) is 8.24. The van der Waals surface area contributed by atoms with Crippen molar-refractivity contribution < 1.29 is 14.3 Å². The molecular weight excluding hydrogens is 426 g/mol. The summed E-state index contributed by atoms with van der Waals surface area (Å²) in [5.74, 6) is 1.39. The van der Waals surface area contributed by atoms with E-state index in [0.717, 1.165) is 21.3 Å². The van der Waals surface area contributed by atoms with Crippen LogP contribution in [0.3, 0.4) is 0 Å². The van der Waals surface area contributed by atoms with Crippen molar-refractivity contribution in [3.63, 3.8) is 0 Å². The Morgan fingerprint density at radius 3 is 2.70 bits per heavy atom. The number of nitrogens with one attached hydrogen (secondary N) is 1. The van der Waals surface area contributed by atoms with Gasteiger partial charge in [0, 0.05) is 15.4 Å². The molecule has 1 aromatic carbocycles. The SMILES string of the molecule is O=C(COC(=O)CC1CC2CCC1C2)Nc1ccc(Br)cc1Br. The van der Waals surface area contributed by atoms with E-state index in [1.54, 1.807) is 6.07 Å². The maximum Gasteiger partial charge on any atom is 0.306 e. The first-order valence-corrected chi connectivity index (χ1v) is 9.50. The molecule has 0 saturated heterocycles. The molecule has 2 bridgehead atoms. The van der Waals surface area contributed by atoms with Crippen LogP contribution in [0.15, 0.2) is 27.1 Å². The van der Waals surface area contributed by atoms with Crippen molar-refractivity contribution in [2.24, 2.45) is 17.8 Å². The highest BCUT2D eigenvalue weighted by Gasteiger charge is 2.40. The zero-order valence-electron chi connectivity index (χ0n) is 12.7. The lowest BCUT2D eigenvalue weighted by atomic mass is 9.86. The van der Waals surface area contributed by atoms with Gasteiger partial charge in [-0.2, -0.15) is 0 Å². The van der Waals surface area contributed by atoms with Crippen LogP contribution < -0.4 is 5.32 Å². The molecule has 0 aromatic heterocycles. The molecule has 2 saturated carbocycles. The third-order valence-electron chi connectivity index (χ3n) is 4.88. The molecule has 2 aliphatic rings. The summed E-state index contributed by atoms with van der Waals surface area (Å²) < 4.78 is 6.82. The van der Waals surface area contributed by atoms with Crippen molar-refractivity contribution in [1.82, 2.24) is 0 Å². The Labute approximate surface area is 152 Å². The molecule has 0 heterocycles. The van der Waals surface area contributed by atoms with Gasteiger partial charge in [0.1, 0.15) is 0 Å². The van der Waals surface area contributed by atoms with E-state index in [2.05, 4.69) is 37.2 Å². The Kier molecular flexibility index (Phi) is 5.42. The fourth-order valence-corrected chi connectivity index (χ4v) is 4.97. The number of carbonyl (C=O) groups is 2. The van der Waals surface area contributed by atoms with E-state index in [1.165, 1.54) is 19.3 Å². The van der Waals surface area contributed by atoms with Crippen LogP contribution in [0.4, 0.5) is 5.69 Å². The summed E-state index contributed by atoms with van der Waals surface area (Å²) in [4.78, 5) is 23.8. The lowest BCUT2D eigenvalue weighted by Gasteiger charge is -2.20. The molecule has 3 unspecified atom stereocenters. The van der Waals surface area contributed by atoms with Gasteiger partial charge in [0.05, 0.1) is 5.69 Å². The predicted octanol–water partition coefficient (Wildman–Crippen LogP) is 4.52. The molecule has 0 radical (unpaired) electrons. The highest BCUT2D eigenvalue weighted by molar-refractivity contribution is 9.11. The minimum atomic E-state index is -0.325. The lowest BCUT2D eigenvalue weighted by molar-refractivity contribution is -0.148. The van der Waals surface area contributed by atoms with Crippen LogP contribution in [0.5, 0.6) is 0 Å². The smallest absolute Gasteiger partial charge is 0.306 e. The largest absolute Gasteiger partial charge is 0.456 e. The highest BCUT2D eigenvalue weighted by atomic mass is 79.9. The molecule has 124 valence electrons. The molecule has 1 amide bonds. The molecule has 2 aliphatic carbocycles. The van der Waals surface area contributed by atoms with E-state index in [0.29, 0.717) is 23.9 Å². The minimum Gasteiger partial charge on any atom is -0.456 e. The first-order chi connectivity index (χ1) is 11.0. The van der Waals surface area contributed by atoms with E-state index in [1.807, 2.05) is 12.1 Å². The summed E-state index contributed by atoms with van der Waals surface area (Å²) in [7, 11) is 0. The molecule has 1 N–H and O–H groups in total. The van der Waals surface area contributed by atoms with Crippen molar-refractivity contribution in [3.05, 3.63) is 27.1 Å². The monoisotopic (exact) mass is 443 g/mol. The van der Waals surface area contributed by atoms with Gasteiger partial charge >= 0.3 is 5.97 Å². The molecule has 2 fully saturated rings. The van der Waals surface area contributed by atoms with Gasteiger partial charge in [-0.25, -0.2) is 0 Å². The predicted molar refractivity (Wildman–Crippen MR) is 95.0 cm³/mol. The molecule has 3 rings (SSSR count). The molecule has 4 nitrogen and oxygen atoms in total. The molecule has 3 atom stereocenters. The van der Waals surface area contributed by atoms with Crippen LogP contribution in [0.2, 0.25) is 0 Å². The Bertz CT molecular complexity index is 620. The average Bonchev–Trinajstić information content (AvgIpc) is 3.11. The zero-order chi connectivity index (χ0) is 16.4. The first-order valence-electron chi connectivity index (χ1n) is 7.92. The van der Waals surface area contributed by atoms with Gasteiger partial charge in [-0.1, -0.05) is 22.4 Å². The Balaban J connectivity index is 1.42. The zero-order valence-corrected chi connectivity index (χ0v) is 15.9. The third-order valence-corrected chi connectivity index (χ3v) is 6.03. The fraction of sp³-hybridized carbons (Fsp3) is 0.529. The van der Waals surface area contributed by atoms with Crippen molar-refractivity contribution in [2.75, 3.05) is 11.9 Å². The quantitative estimate of drug-likeness (QED) is 0.679. The summed E-state index contributed by atoms with van der Waals surface area (Å²) in [5, 5.41) is 2.73. The summed E-state index contributed by atoms with van der Waals surface area (Å²) in [6, 6.07) is 5.46. The van der Waals surface area contributed by atoms with Gasteiger partial charge in [-0.3, -0.25) is 9.59 Å². The van der Waals surface area contributed by atoms with Crippen molar-refractivity contribution in [2.45, 2.75) is 32.1 Å². The first kappa shape index (κ1) is 17.0. The summed E-state index contributed by atoms with van der Waals surface area (Å²) in [6.45, 7) is -0.234. The normalized spacial score (nSPS) is 25.4. The number of fused-ring (bicyclic) bond motifs is 2. The molecule has 0 spiro atoms.